The van der Waals surface area contributed by atoms with E-state index in [1.54, 1.807) is 31.4 Å². The lowest BCUT2D eigenvalue weighted by atomic mass is 10.0. The van der Waals surface area contributed by atoms with Crippen LogP contribution in [0.2, 0.25) is 5.02 Å². The van der Waals surface area contributed by atoms with Gasteiger partial charge < -0.3 is 4.74 Å². The topological polar surface area (TPSA) is 26.3 Å². The highest BCUT2D eigenvalue weighted by molar-refractivity contribution is 6.31. The Labute approximate surface area is 122 Å². The number of carbonyl (C=O) groups excluding carboxylic acids is 1. The molecule has 0 unspecified atom stereocenters. The fraction of sp³-hybridized carbons (Fsp3) is 0.188. The van der Waals surface area contributed by atoms with Gasteiger partial charge in [0.15, 0.2) is 5.78 Å². The molecular formula is C16H14ClFO2. The Morgan fingerprint density at radius 1 is 1.30 bits per heavy atom. The van der Waals surface area contributed by atoms with Crippen LogP contribution in [0.15, 0.2) is 36.4 Å². The van der Waals surface area contributed by atoms with E-state index in [2.05, 4.69) is 0 Å². The quantitative estimate of drug-likeness (QED) is 0.789. The molecule has 0 radical (unpaired) electrons. The van der Waals surface area contributed by atoms with Crippen molar-refractivity contribution in [2.75, 3.05) is 7.11 Å². The van der Waals surface area contributed by atoms with Gasteiger partial charge in [-0.3, -0.25) is 4.79 Å². The number of ketones is 1. The summed E-state index contributed by atoms with van der Waals surface area (Å²) in [4.78, 5) is 12.2. The van der Waals surface area contributed by atoms with E-state index >= 15 is 0 Å². The number of halogens is 2. The summed E-state index contributed by atoms with van der Waals surface area (Å²) < 4.78 is 18.9. The van der Waals surface area contributed by atoms with Gasteiger partial charge in [-0.15, -0.1) is 0 Å². The molecule has 0 amide bonds. The monoisotopic (exact) mass is 292 g/mol. The van der Waals surface area contributed by atoms with E-state index in [9.17, 15) is 9.18 Å². The summed E-state index contributed by atoms with van der Waals surface area (Å²) in [6.07, 6.45) is -0.0717. The first-order valence-electron chi connectivity index (χ1n) is 6.13. The lowest BCUT2D eigenvalue weighted by Crippen LogP contribution is -2.06. The Morgan fingerprint density at radius 2 is 2.05 bits per heavy atom. The molecule has 0 heterocycles. The van der Waals surface area contributed by atoms with Crippen LogP contribution in [-0.2, 0) is 6.42 Å². The fourth-order valence-corrected chi connectivity index (χ4v) is 2.19. The first-order valence-corrected chi connectivity index (χ1v) is 6.51. The number of hydrogen-bond acceptors (Lipinski definition) is 2. The van der Waals surface area contributed by atoms with Crippen molar-refractivity contribution in [2.24, 2.45) is 0 Å². The number of hydrogen-bond donors (Lipinski definition) is 0. The summed E-state index contributed by atoms with van der Waals surface area (Å²) in [5, 5.41) is 0.262. The lowest BCUT2D eigenvalue weighted by molar-refractivity contribution is 0.0991. The summed E-state index contributed by atoms with van der Waals surface area (Å²) in [7, 11) is 1.55. The van der Waals surface area contributed by atoms with Crippen molar-refractivity contribution in [1.29, 1.82) is 0 Å². The van der Waals surface area contributed by atoms with Gasteiger partial charge >= 0.3 is 0 Å². The lowest BCUT2D eigenvalue weighted by Gasteiger charge is -2.08. The molecule has 0 N–H and O–H groups in total. The zero-order valence-corrected chi connectivity index (χ0v) is 12.0. The zero-order chi connectivity index (χ0) is 14.7. The summed E-state index contributed by atoms with van der Waals surface area (Å²) in [6, 6.07) is 9.55. The number of benzene rings is 2. The highest BCUT2D eigenvalue weighted by Crippen LogP contribution is 2.23. The third kappa shape index (κ3) is 2.99. The van der Waals surface area contributed by atoms with Crippen LogP contribution < -0.4 is 4.74 Å². The number of ether oxygens (including phenoxy) is 1. The average molecular weight is 293 g/mol. The summed E-state index contributed by atoms with van der Waals surface area (Å²) >= 11 is 5.93. The van der Waals surface area contributed by atoms with Crippen molar-refractivity contribution >= 4 is 17.4 Å². The van der Waals surface area contributed by atoms with Crippen LogP contribution in [0.5, 0.6) is 5.75 Å². The second-order valence-corrected chi connectivity index (χ2v) is 4.89. The molecule has 0 aliphatic rings. The predicted octanol–water partition coefficient (Wildman–Crippen LogP) is 4.22. The van der Waals surface area contributed by atoms with E-state index in [1.165, 1.54) is 12.1 Å². The molecular weight excluding hydrogens is 279 g/mol. The molecule has 0 saturated carbocycles. The van der Waals surface area contributed by atoms with Gasteiger partial charge in [0, 0.05) is 22.6 Å². The molecule has 2 aromatic rings. The first kappa shape index (κ1) is 14.5. The van der Waals surface area contributed by atoms with Crippen LogP contribution in [0, 0.1) is 12.7 Å². The number of carbonyl (C=O) groups is 1. The SMILES string of the molecule is COc1cc(C(=O)Cc2c(F)cccc2Cl)ccc1C. The van der Waals surface area contributed by atoms with Crippen LogP contribution in [0.3, 0.4) is 0 Å². The first-order chi connectivity index (χ1) is 9.52. The van der Waals surface area contributed by atoms with E-state index < -0.39 is 5.82 Å². The van der Waals surface area contributed by atoms with Crippen LogP contribution >= 0.6 is 11.6 Å². The smallest absolute Gasteiger partial charge is 0.167 e. The molecule has 0 aliphatic heterocycles. The largest absolute Gasteiger partial charge is 0.496 e. The average Bonchev–Trinajstić information content (AvgIpc) is 2.43. The maximum absolute atomic E-state index is 13.7. The molecule has 0 aromatic heterocycles. The van der Waals surface area contributed by atoms with Crippen molar-refractivity contribution in [3.8, 4) is 5.75 Å². The minimum atomic E-state index is -0.468. The Bertz CT molecular complexity index is 633. The number of aryl methyl sites for hydroxylation is 1. The van der Waals surface area contributed by atoms with Gasteiger partial charge in [0.1, 0.15) is 11.6 Å². The van der Waals surface area contributed by atoms with Crippen LogP contribution in [0.1, 0.15) is 21.5 Å². The molecule has 0 bridgehead atoms. The predicted molar refractivity (Wildman–Crippen MR) is 77.2 cm³/mol. The normalized spacial score (nSPS) is 10.4. The standard InChI is InChI=1S/C16H14ClFO2/c1-10-6-7-11(8-16(10)20-2)15(19)9-12-13(17)4-3-5-14(12)18/h3-8H,9H2,1-2H3. The van der Waals surface area contributed by atoms with Gasteiger partial charge in [-0.2, -0.15) is 0 Å². The second kappa shape index (κ2) is 6.06. The molecule has 0 spiro atoms. The highest BCUT2D eigenvalue weighted by Gasteiger charge is 2.14. The van der Waals surface area contributed by atoms with E-state index in [0.717, 1.165) is 5.56 Å². The van der Waals surface area contributed by atoms with E-state index in [1.807, 2.05) is 6.92 Å². The summed E-state index contributed by atoms with van der Waals surface area (Å²) in [5.74, 6) is -0.0318. The van der Waals surface area contributed by atoms with E-state index in [-0.39, 0.29) is 22.8 Å². The number of rotatable bonds is 4. The minimum Gasteiger partial charge on any atom is -0.496 e. The molecule has 0 fully saturated rings. The molecule has 0 atom stereocenters. The molecule has 0 aliphatic carbocycles. The minimum absolute atomic E-state index is 0.0717. The maximum atomic E-state index is 13.7. The molecule has 2 aromatic carbocycles. The van der Waals surface area contributed by atoms with Crippen molar-refractivity contribution in [1.82, 2.24) is 0 Å². The molecule has 104 valence electrons. The maximum Gasteiger partial charge on any atom is 0.167 e. The van der Waals surface area contributed by atoms with Crippen molar-refractivity contribution in [3.05, 3.63) is 63.9 Å². The van der Waals surface area contributed by atoms with E-state index in [0.29, 0.717) is 11.3 Å². The Morgan fingerprint density at radius 3 is 2.70 bits per heavy atom. The van der Waals surface area contributed by atoms with Crippen molar-refractivity contribution < 1.29 is 13.9 Å². The van der Waals surface area contributed by atoms with Crippen LogP contribution in [0.25, 0.3) is 0 Å². The molecule has 2 nitrogen and oxygen atoms in total. The third-order valence-corrected chi connectivity index (χ3v) is 3.48. The Balaban J connectivity index is 2.29. The Kier molecular flexibility index (Phi) is 4.40. The second-order valence-electron chi connectivity index (χ2n) is 4.48. The summed E-state index contributed by atoms with van der Waals surface area (Å²) in [5.41, 5.74) is 1.64. The van der Waals surface area contributed by atoms with E-state index in [4.69, 9.17) is 16.3 Å². The Hall–Kier alpha value is -1.87. The molecule has 4 heteroatoms. The fourth-order valence-electron chi connectivity index (χ4n) is 1.96. The molecule has 20 heavy (non-hydrogen) atoms. The van der Waals surface area contributed by atoms with Gasteiger partial charge in [0.25, 0.3) is 0 Å². The van der Waals surface area contributed by atoms with Crippen LogP contribution in [-0.4, -0.2) is 12.9 Å². The summed E-state index contributed by atoms with van der Waals surface area (Å²) in [6.45, 7) is 1.89. The molecule has 2 rings (SSSR count). The highest BCUT2D eigenvalue weighted by atomic mass is 35.5. The van der Waals surface area contributed by atoms with Crippen molar-refractivity contribution in [2.45, 2.75) is 13.3 Å². The number of methoxy groups -OCH3 is 1. The zero-order valence-electron chi connectivity index (χ0n) is 11.2. The van der Waals surface area contributed by atoms with Gasteiger partial charge in [-0.25, -0.2) is 4.39 Å². The van der Waals surface area contributed by atoms with Gasteiger partial charge in [-0.05, 0) is 30.7 Å². The third-order valence-electron chi connectivity index (χ3n) is 3.13. The van der Waals surface area contributed by atoms with Crippen molar-refractivity contribution in [3.63, 3.8) is 0 Å². The number of Topliss-reactive ketones (excluding diaryl/α,β-unsaturated/α-hetero) is 1. The molecule has 0 saturated heterocycles. The van der Waals surface area contributed by atoms with Gasteiger partial charge in [0.05, 0.1) is 7.11 Å². The van der Waals surface area contributed by atoms with Gasteiger partial charge in [0.2, 0.25) is 0 Å². The van der Waals surface area contributed by atoms with Gasteiger partial charge in [-0.1, -0.05) is 29.8 Å². The van der Waals surface area contributed by atoms with Crippen LogP contribution in [0.4, 0.5) is 4.39 Å².